The number of fused-ring (bicyclic) bond motifs is 11. The molecule has 7 aromatic rings. The summed E-state index contributed by atoms with van der Waals surface area (Å²) >= 11 is 0. The van der Waals surface area contributed by atoms with Gasteiger partial charge in [-0.25, -0.2) is 9.81 Å². The van der Waals surface area contributed by atoms with Crippen LogP contribution >= 0.6 is 0 Å². The highest BCUT2D eigenvalue weighted by Gasteiger charge is 2.63. The van der Waals surface area contributed by atoms with Crippen molar-refractivity contribution in [1.82, 2.24) is 29.0 Å². The minimum atomic E-state index is -0.274. The second kappa shape index (κ2) is 10.9. The molecular weight excluding hydrogens is 688 g/mol. The van der Waals surface area contributed by atoms with Crippen LogP contribution in [-0.2, 0) is 5.41 Å². The van der Waals surface area contributed by atoms with E-state index in [4.69, 9.17) is 15.1 Å². The Balaban J connectivity index is 1.29. The maximum Gasteiger partial charge on any atom is 0.419 e. The van der Waals surface area contributed by atoms with Crippen LogP contribution in [0.5, 0.6) is 0 Å². The van der Waals surface area contributed by atoms with Crippen LogP contribution in [0.1, 0.15) is 71.1 Å². The Bertz CT molecular complexity index is 2860. The number of rotatable bonds is 2. The molecular formula is C45H45B2N9. The number of nitrogens with zero attached hydrogens (tertiary/aromatic N) is 9. The summed E-state index contributed by atoms with van der Waals surface area (Å²) in [7, 11) is 0. The number of hydrazine groups is 1. The van der Waals surface area contributed by atoms with Crippen molar-refractivity contribution in [2.24, 2.45) is 0 Å². The number of anilines is 8. The third-order valence-electron chi connectivity index (χ3n) is 12.9. The molecule has 5 aromatic carbocycles. The van der Waals surface area contributed by atoms with E-state index in [1.54, 1.807) is 0 Å². The lowest BCUT2D eigenvalue weighted by atomic mass is 9.53. The van der Waals surface area contributed by atoms with Crippen molar-refractivity contribution in [3.05, 3.63) is 123 Å². The first-order valence-electron chi connectivity index (χ1n) is 19.8. The highest BCUT2D eigenvalue weighted by atomic mass is 15.7. The zero-order chi connectivity index (χ0) is 38.8. The molecule has 0 unspecified atom stereocenters. The topological polar surface area (TPSA) is 61.5 Å². The molecule has 0 fully saturated rings. The molecule has 0 spiro atoms. The van der Waals surface area contributed by atoms with Crippen molar-refractivity contribution in [3.63, 3.8) is 0 Å². The Morgan fingerprint density at radius 1 is 0.536 bits per heavy atom. The predicted molar refractivity (Wildman–Crippen MR) is 231 cm³/mol. The number of aromatic nitrogens is 5. The molecule has 11 heteroatoms. The van der Waals surface area contributed by atoms with Crippen LogP contribution in [0.2, 0.25) is 0 Å². The van der Waals surface area contributed by atoms with Gasteiger partial charge in [-0.05, 0) is 124 Å². The minimum Gasteiger partial charge on any atom is -0.334 e. The van der Waals surface area contributed by atoms with E-state index in [1.807, 2.05) is 0 Å². The van der Waals surface area contributed by atoms with E-state index in [1.165, 1.54) is 78.2 Å². The van der Waals surface area contributed by atoms with E-state index in [9.17, 15) is 0 Å². The lowest BCUT2D eigenvalue weighted by molar-refractivity contribution is 0.544. The van der Waals surface area contributed by atoms with Crippen molar-refractivity contribution in [2.45, 2.75) is 81.6 Å². The molecule has 0 saturated carbocycles. The van der Waals surface area contributed by atoms with E-state index in [2.05, 4.69) is 178 Å². The standard InChI is InChI=1S/C45H45B2N9/c1-24-16-14-17-25(2)38(24)51-34-22-28(5)30(7)40-36(34)46(53-33-21-13-12-20-32(33)48-43(51)53)56-47-37-35(23-29(6)31(8)41(37)54(40)56)52(39-26(3)18-15-19-27(39)4)44-49-42(45(9,10)11)50-55(44)47/h12-23H,1-11H3. The molecule has 9 nitrogen and oxygen atoms in total. The first-order chi connectivity index (χ1) is 26.8. The number of hydrogen-bond acceptors (Lipinski definition) is 7. The maximum absolute atomic E-state index is 5.52. The third kappa shape index (κ3) is 4.03. The summed E-state index contributed by atoms with van der Waals surface area (Å²) in [6.07, 6.45) is 0. The van der Waals surface area contributed by atoms with E-state index >= 15 is 0 Å². The van der Waals surface area contributed by atoms with E-state index in [0.29, 0.717) is 0 Å². The summed E-state index contributed by atoms with van der Waals surface area (Å²) in [5.74, 6) is 2.59. The highest BCUT2D eigenvalue weighted by molar-refractivity contribution is 6.91. The van der Waals surface area contributed by atoms with E-state index in [-0.39, 0.29) is 19.4 Å². The molecule has 2 aromatic heterocycles. The molecule has 0 amide bonds. The Hall–Kier alpha value is -5.80. The summed E-state index contributed by atoms with van der Waals surface area (Å²) in [6.45, 7) is 24.1. The molecule has 56 heavy (non-hydrogen) atoms. The van der Waals surface area contributed by atoms with Crippen LogP contribution in [0.3, 0.4) is 0 Å². The first kappa shape index (κ1) is 33.5. The molecule has 0 saturated heterocycles. The number of imidazole rings is 1. The van der Waals surface area contributed by atoms with Gasteiger partial charge < -0.3 is 4.48 Å². The van der Waals surface area contributed by atoms with Crippen molar-refractivity contribution in [3.8, 4) is 0 Å². The molecule has 6 heterocycles. The van der Waals surface area contributed by atoms with Crippen LogP contribution in [0.15, 0.2) is 72.8 Å². The lowest BCUT2D eigenvalue weighted by Crippen LogP contribution is -2.64. The third-order valence-corrected chi connectivity index (χ3v) is 12.9. The van der Waals surface area contributed by atoms with Gasteiger partial charge in [-0.1, -0.05) is 69.3 Å². The predicted octanol–water partition coefficient (Wildman–Crippen LogP) is 8.83. The Labute approximate surface area is 329 Å². The van der Waals surface area contributed by atoms with Gasteiger partial charge in [0.2, 0.25) is 11.9 Å². The van der Waals surface area contributed by atoms with Crippen LogP contribution in [-0.4, -0.2) is 42.9 Å². The summed E-state index contributed by atoms with van der Waals surface area (Å²) in [6, 6.07) is 26.6. The second-order valence-corrected chi connectivity index (χ2v) is 17.5. The molecule has 0 bridgehead atoms. The zero-order valence-corrected chi connectivity index (χ0v) is 34.1. The smallest absolute Gasteiger partial charge is 0.334 e. The van der Waals surface area contributed by atoms with Crippen molar-refractivity contribution in [1.29, 1.82) is 0 Å². The number of benzene rings is 5. The van der Waals surface area contributed by atoms with Gasteiger partial charge in [0.1, 0.15) is 0 Å². The van der Waals surface area contributed by atoms with Crippen LogP contribution in [0, 0.1) is 55.4 Å². The Morgan fingerprint density at radius 2 is 1.05 bits per heavy atom. The summed E-state index contributed by atoms with van der Waals surface area (Å²) in [5.41, 5.74) is 21.4. The molecule has 0 aliphatic carbocycles. The van der Waals surface area contributed by atoms with Gasteiger partial charge in [0.15, 0.2) is 5.82 Å². The fraction of sp³-hybridized carbons (Fsp3) is 0.267. The first-order valence-corrected chi connectivity index (χ1v) is 19.8. The molecule has 4 aliphatic rings. The summed E-state index contributed by atoms with van der Waals surface area (Å²) in [4.78, 5) is 18.4. The van der Waals surface area contributed by atoms with Crippen molar-refractivity contribution < 1.29 is 0 Å². The number of aryl methyl sites for hydroxylation is 6. The van der Waals surface area contributed by atoms with Gasteiger partial charge in [0, 0.05) is 27.7 Å². The molecule has 0 N–H and O–H groups in total. The molecule has 0 atom stereocenters. The number of para-hydroxylation sites is 4. The quantitative estimate of drug-likeness (QED) is 0.165. The van der Waals surface area contributed by atoms with E-state index < -0.39 is 0 Å². The van der Waals surface area contributed by atoms with Crippen molar-refractivity contribution in [2.75, 3.05) is 14.8 Å². The van der Waals surface area contributed by atoms with Gasteiger partial charge in [-0.2, -0.15) is 10.1 Å². The molecule has 276 valence electrons. The Kier molecular flexibility index (Phi) is 6.55. The van der Waals surface area contributed by atoms with E-state index in [0.717, 1.165) is 40.1 Å². The lowest BCUT2D eigenvalue weighted by Gasteiger charge is -2.39. The van der Waals surface area contributed by atoms with Crippen LogP contribution < -0.4 is 25.7 Å². The average Bonchev–Trinajstić information content (AvgIpc) is 3.91. The monoisotopic (exact) mass is 733 g/mol. The Morgan fingerprint density at radius 3 is 1.61 bits per heavy atom. The van der Waals surface area contributed by atoms with Crippen molar-refractivity contribution >= 4 is 81.9 Å². The van der Waals surface area contributed by atoms with Gasteiger partial charge in [-0.15, -0.1) is 0 Å². The normalized spacial score (nSPS) is 15.2. The summed E-state index contributed by atoms with van der Waals surface area (Å²) < 4.78 is 4.73. The largest absolute Gasteiger partial charge is 0.419 e. The SMILES string of the molecule is Cc1cc2c3c(c1C)N1c4c(C)c(C)cc5c4B(N1B3n1nc(C(C)(C)C)nc1N2c1c(C)cccc1C)n1c(nc2ccccc21)N5c1c(C)cccc1C. The minimum absolute atomic E-state index is 0.214. The van der Waals surface area contributed by atoms with Gasteiger partial charge in [0.25, 0.3) is 0 Å². The fourth-order valence-corrected chi connectivity index (χ4v) is 10.0. The molecule has 11 rings (SSSR count). The number of hydrogen-bond donors (Lipinski definition) is 0. The van der Waals surface area contributed by atoms with Gasteiger partial charge in [-0.3, -0.25) is 19.4 Å². The average molecular weight is 734 g/mol. The highest BCUT2D eigenvalue weighted by Crippen LogP contribution is 2.54. The molecule has 4 aliphatic heterocycles. The summed E-state index contributed by atoms with van der Waals surface area (Å²) in [5, 5.41) is 8.09. The van der Waals surface area contributed by atoms with Crippen LogP contribution in [0.4, 0.5) is 46.0 Å². The zero-order valence-electron chi connectivity index (χ0n) is 34.1. The maximum atomic E-state index is 5.52. The second-order valence-electron chi connectivity index (χ2n) is 17.5. The van der Waals surface area contributed by atoms with Crippen LogP contribution in [0.25, 0.3) is 11.0 Å². The fourth-order valence-electron chi connectivity index (χ4n) is 10.0. The van der Waals surface area contributed by atoms with Gasteiger partial charge >= 0.3 is 14.0 Å². The molecule has 0 radical (unpaired) electrons. The van der Waals surface area contributed by atoms with Gasteiger partial charge in [0.05, 0.1) is 33.8 Å².